The predicted molar refractivity (Wildman–Crippen MR) is 107 cm³/mol. The molecule has 0 aliphatic heterocycles. The van der Waals surface area contributed by atoms with Crippen molar-refractivity contribution in [1.82, 2.24) is 20.6 Å². The first-order chi connectivity index (χ1) is 13.6. The van der Waals surface area contributed by atoms with E-state index in [1.54, 1.807) is 30.9 Å². The van der Waals surface area contributed by atoms with Crippen LogP contribution >= 0.6 is 11.3 Å². The Bertz CT molecular complexity index is 928. The Hall–Kier alpha value is -3.46. The number of hydrogen-bond donors (Lipinski definition) is 3. The number of aromatic nitrogens is 2. The van der Waals surface area contributed by atoms with E-state index in [2.05, 4.69) is 25.9 Å². The lowest BCUT2D eigenvalue weighted by Crippen LogP contribution is -2.36. The van der Waals surface area contributed by atoms with Crippen LogP contribution in [0.5, 0.6) is 5.75 Å². The summed E-state index contributed by atoms with van der Waals surface area (Å²) in [7, 11) is 1.60. The second-order valence-electron chi connectivity index (χ2n) is 5.71. The Morgan fingerprint density at radius 2 is 1.96 bits per heavy atom. The van der Waals surface area contributed by atoms with Gasteiger partial charge in [0.15, 0.2) is 5.13 Å². The van der Waals surface area contributed by atoms with Gasteiger partial charge in [0.05, 0.1) is 13.7 Å². The lowest BCUT2D eigenvalue weighted by molar-refractivity contribution is -0.120. The summed E-state index contributed by atoms with van der Waals surface area (Å²) in [6.07, 6.45) is 3.34. The number of pyridine rings is 1. The molecular weight excluding hydrogens is 378 g/mol. The summed E-state index contributed by atoms with van der Waals surface area (Å²) < 4.78 is 5.11. The molecule has 0 fully saturated rings. The summed E-state index contributed by atoms with van der Waals surface area (Å²) in [5, 5.41) is 10.6. The van der Waals surface area contributed by atoms with E-state index in [0.29, 0.717) is 11.7 Å². The number of ether oxygens (including phenoxy) is 1. The minimum Gasteiger partial charge on any atom is -0.497 e. The van der Waals surface area contributed by atoms with Crippen LogP contribution in [0, 0.1) is 0 Å². The minimum atomic E-state index is -0.407. The summed E-state index contributed by atoms with van der Waals surface area (Å²) in [5.41, 5.74) is 1.97. The molecule has 3 aromatic rings. The number of benzene rings is 1. The van der Waals surface area contributed by atoms with Crippen molar-refractivity contribution in [3.8, 4) is 5.75 Å². The van der Waals surface area contributed by atoms with Gasteiger partial charge in [-0.25, -0.2) is 4.98 Å². The van der Waals surface area contributed by atoms with Crippen molar-refractivity contribution in [3.63, 3.8) is 0 Å². The molecule has 3 rings (SSSR count). The first-order valence-corrected chi connectivity index (χ1v) is 9.32. The van der Waals surface area contributed by atoms with Gasteiger partial charge in [0, 0.05) is 30.0 Å². The molecule has 0 bridgehead atoms. The summed E-state index contributed by atoms with van der Waals surface area (Å²) in [6.45, 7) is 0.229. The molecule has 8 nitrogen and oxygen atoms in total. The van der Waals surface area contributed by atoms with Gasteiger partial charge in [-0.05, 0) is 35.9 Å². The van der Waals surface area contributed by atoms with E-state index in [1.807, 2.05) is 30.3 Å². The number of hydrogen-bond acceptors (Lipinski definition) is 7. The van der Waals surface area contributed by atoms with Crippen LogP contribution in [0.25, 0.3) is 0 Å². The first kappa shape index (κ1) is 19.3. The topological polar surface area (TPSA) is 105 Å². The van der Waals surface area contributed by atoms with E-state index in [0.717, 1.165) is 17.0 Å². The zero-order valence-electron chi connectivity index (χ0n) is 15.1. The molecule has 0 saturated carbocycles. The predicted octanol–water partition coefficient (Wildman–Crippen LogP) is 2.34. The molecule has 9 heteroatoms. The van der Waals surface area contributed by atoms with Crippen molar-refractivity contribution in [2.75, 3.05) is 19.0 Å². The minimum absolute atomic E-state index is 0.127. The normalized spacial score (nSPS) is 10.2. The average Bonchev–Trinajstić information content (AvgIpc) is 3.20. The first-order valence-electron chi connectivity index (χ1n) is 8.44. The fourth-order valence-electron chi connectivity index (χ4n) is 2.25. The second kappa shape index (κ2) is 9.47. The van der Waals surface area contributed by atoms with Crippen LogP contribution in [0.3, 0.4) is 0 Å². The van der Waals surface area contributed by atoms with Gasteiger partial charge in [-0.2, -0.15) is 0 Å². The van der Waals surface area contributed by atoms with E-state index in [1.165, 1.54) is 11.3 Å². The van der Waals surface area contributed by atoms with Crippen LogP contribution in [0.15, 0.2) is 54.2 Å². The largest absolute Gasteiger partial charge is 0.497 e. The van der Waals surface area contributed by atoms with Crippen LogP contribution in [-0.4, -0.2) is 35.4 Å². The van der Waals surface area contributed by atoms with Crippen LogP contribution in [0.1, 0.15) is 16.1 Å². The zero-order chi connectivity index (χ0) is 19.8. The number of carbonyl (C=O) groups excluding carboxylic acids is 2. The molecule has 0 aliphatic rings. The smallest absolute Gasteiger partial charge is 0.271 e. The molecule has 0 atom stereocenters. The molecular formula is C19H19N5O3S. The molecule has 0 saturated heterocycles. The zero-order valence-corrected chi connectivity index (χ0v) is 16.0. The average molecular weight is 397 g/mol. The summed E-state index contributed by atoms with van der Waals surface area (Å²) in [5.74, 6) is 0.0612. The van der Waals surface area contributed by atoms with Gasteiger partial charge in [-0.3, -0.25) is 14.6 Å². The van der Waals surface area contributed by atoms with Gasteiger partial charge in [-0.15, -0.1) is 11.3 Å². The maximum absolute atomic E-state index is 12.2. The third-order valence-electron chi connectivity index (χ3n) is 3.70. The number of thiazole rings is 1. The number of methoxy groups -OCH3 is 1. The molecule has 28 heavy (non-hydrogen) atoms. The number of nitrogens with one attached hydrogen (secondary N) is 3. The van der Waals surface area contributed by atoms with Crippen LogP contribution in [0.2, 0.25) is 0 Å². The SMILES string of the molecule is COc1ccc(Nc2nc(C(=O)NCC(=O)NCc3cccnc3)cs2)cc1. The molecule has 2 heterocycles. The monoisotopic (exact) mass is 397 g/mol. The van der Waals surface area contributed by atoms with Crippen molar-refractivity contribution in [2.24, 2.45) is 0 Å². The van der Waals surface area contributed by atoms with E-state index < -0.39 is 5.91 Å². The molecule has 144 valence electrons. The quantitative estimate of drug-likeness (QED) is 0.539. The highest BCUT2D eigenvalue weighted by Gasteiger charge is 2.12. The summed E-state index contributed by atoms with van der Waals surface area (Å²) in [6, 6.07) is 11.0. The van der Waals surface area contributed by atoms with Gasteiger partial charge >= 0.3 is 0 Å². The molecule has 2 aromatic heterocycles. The van der Waals surface area contributed by atoms with Crippen molar-refractivity contribution >= 4 is 34.0 Å². The fourth-order valence-corrected chi connectivity index (χ4v) is 2.96. The number of amides is 2. The van der Waals surface area contributed by atoms with Gasteiger partial charge in [0.25, 0.3) is 5.91 Å². The maximum Gasteiger partial charge on any atom is 0.271 e. The van der Waals surface area contributed by atoms with Crippen molar-refractivity contribution in [2.45, 2.75) is 6.54 Å². The Labute approximate surface area is 166 Å². The molecule has 0 spiro atoms. The van der Waals surface area contributed by atoms with Crippen LogP contribution in [-0.2, 0) is 11.3 Å². The van der Waals surface area contributed by atoms with Gasteiger partial charge < -0.3 is 20.7 Å². The molecule has 3 N–H and O–H groups in total. The van der Waals surface area contributed by atoms with Gasteiger partial charge in [0.2, 0.25) is 5.91 Å². The Morgan fingerprint density at radius 1 is 1.14 bits per heavy atom. The second-order valence-corrected chi connectivity index (χ2v) is 6.57. The standard InChI is InChI=1S/C19H19N5O3S/c1-27-15-6-4-14(5-7-15)23-19-24-16(12-28-19)18(26)22-11-17(25)21-10-13-3-2-8-20-9-13/h2-9,12H,10-11H2,1H3,(H,21,25)(H,22,26)(H,23,24). The highest BCUT2D eigenvalue weighted by molar-refractivity contribution is 7.14. The van der Waals surface area contributed by atoms with Crippen LogP contribution in [0.4, 0.5) is 10.8 Å². The van der Waals surface area contributed by atoms with Gasteiger partial charge in [0.1, 0.15) is 11.4 Å². The van der Waals surface area contributed by atoms with E-state index in [-0.39, 0.29) is 18.1 Å². The van der Waals surface area contributed by atoms with E-state index in [9.17, 15) is 9.59 Å². The van der Waals surface area contributed by atoms with Crippen molar-refractivity contribution in [1.29, 1.82) is 0 Å². The fraction of sp³-hybridized carbons (Fsp3) is 0.158. The third-order valence-corrected chi connectivity index (χ3v) is 4.46. The van der Waals surface area contributed by atoms with E-state index in [4.69, 9.17) is 4.74 Å². The summed E-state index contributed by atoms with van der Waals surface area (Å²) >= 11 is 1.30. The number of anilines is 2. The molecule has 1 aromatic carbocycles. The Kier molecular flexibility index (Phi) is 6.53. The Morgan fingerprint density at radius 3 is 2.68 bits per heavy atom. The van der Waals surface area contributed by atoms with Crippen LogP contribution < -0.4 is 20.7 Å². The number of carbonyl (C=O) groups is 2. The highest BCUT2D eigenvalue weighted by Crippen LogP contribution is 2.22. The lowest BCUT2D eigenvalue weighted by atomic mass is 10.3. The van der Waals surface area contributed by atoms with Crippen molar-refractivity contribution < 1.29 is 14.3 Å². The third kappa shape index (κ3) is 5.52. The molecule has 0 unspecified atom stereocenters. The molecule has 0 aliphatic carbocycles. The van der Waals surface area contributed by atoms with Gasteiger partial charge in [-0.1, -0.05) is 6.07 Å². The van der Waals surface area contributed by atoms with Crippen molar-refractivity contribution in [3.05, 3.63) is 65.4 Å². The lowest BCUT2D eigenvalue weighted by Gasteiger charge is -2.06. The molecule has 0 radical (unpaired) electrons. The number of nitrogens with zero attached hydrogens (tertiary/aromatic N) is 2. The highest BCUT2D eigenvalue weighted by atomic mass is 32.1. The molecule has 2 amide bonds. The Balaban J connectivity index is 1.46. The number of rotatable bonds is 8. The maximum atomic E-state index is 12.2. The summed E-state index contributed by atoms with van der Waals surface area (Å²) in [4.78, 5) is 32.3. The van der Waals surface area contributed by atoms with E-state index >= 15 is 0 Å².